The van der Waals surface area contributed by atoms with Crippen LogP contribution >= 0.6 is 0 Å². The number of methoxy groups -OCH3 is 1. The van der Waals surface area contributed by atoms with Crippen LogP contribution in [0.25, 0.3) is 0 Å². The molecule has 0 radical (unpaired) electrons. The number of amides is 2. The fraction of sp³-hybridized carbons (Fsp3) is 0.632. The molecule has 134 valence electrons. The molecule has 1 aliphatic heterocycles. The first-order chi connectivity index (χ1) is 11.5. The van der Waals surface area contributed by atoms with Crippen LogP contribution in [0.4, 0.5) is 4.79 Å². The Hall–Kier alpha value is -1.75. The summed E-state index contributed by atoms with van der Waals surface area (Å²) in [6, 6.07) is 8.10. The van der Waals surface area contributed by atoms with Gasteiger partial charge in [0.25, 0.3) is 0 Å². The molecule has 24 heavy (non-hydrogen) atoms. The maximum Gasteiger partial charge on any atom is 0.317 e. The molecule has 1 aromatic rings. The maximum absolute atomic E-state index is 12.2. The van der Waals surface area contributed by atoms with Crippen LogP contribution in [-0.4, -0.2) is 48.9 Å². The molecule has 0 saturated carbocycles. The van der Waals surface area contributed by atoms with Gasteiger partial charge < -0.3 is 20.1 Å². The highest BCUT2D eigenvalue weighted by Gasteiger charge is 2.25. The summed E-state index contributed by atoms with van der Waals surface area (Å²) in [6.45, 7) is 6.14. The molecule has 1 heterocycles. The lowest BCUT2D eigenvalue weighted by atomic mass is 9.92. The Balaban J connectivity index is 1.70. The average molecular weight is 334 g/mol. The Morgan fingerprint density at radius 3 is 2.46 bits per heavy atom. The number of benzene rings is 1. The molecule has 2 N–H and O–H groups in total. The number of carbonyl (C=O) groups excluding carboxylic acids is 1. The lowest BCUT2D eigenvalue weighted by Gasteiger charge is -2.33. The molecule has 2 amide bonds. The van der Waals surface area contributed by atoms with Crippen molar-refractivity contribution in [3.8, 4) is 5.75 Å². The third-order valence-electron chi connectivity index (χ3n) is 5.05. The Bertz CT molecular complexity index is 508. The van der Waals surface area contributed by atoms with Crippen LogP contribution in [0.15, 0.2) is 24.3 Å². The summed E-state index contributed by atoms with van der Waals surface area (Å²) >= 11 is 0. The van der Waals surface area contributed by atoms with Gasteiger partial charge in [-0.1, -0.05) is 19.1 Å². The number of piperidine rings is 1. The first-order valence-corrected chi connectivity index (χ1v) is 8.86. The lowest BCUT2D eigenvalue weighted by Crippen LogP contribution is -2.46. The van der Waals surface area contributed by atoms with Gasteiger partial charge >= 0.3 is 6.03 Å². The van der Waals surface area contributed by atoms with Crippen molar-refractivity contribution >= 4 is 6.03 Å². The van der Waals surface area contributed by atoms with Gasteiger partial charge in [-0.15, -0.1) is 0 Å². The van der Waals surface area contributed by atoms with Crippen molar-refractivity contribution in [2.24, 2.45) is 5.92 Å². The molecule has 1 aliphatic rings. The quantitative estimate of drug-likeness (QED) is 0.841. The van der Waals surface area contributed by atoms with Gasteiger partial charge in [-0.05, 0) is 55.7 Å². The zero-order valence-corrected chi connectivity index (χ0v) is 15.0. The van der Waals surface area contributed by atoms with Gasteiger partial charge in [0.05, 0.1) is 13.2 Å². The van der Waals surface area contributed by atoms with Crippen molar-refractivity contribution in [1.82, 2.24) is 10.2 Å². The number of hydrogen-bond acceptors (Lipinski definition) is 3. The van der Waals surface area contributed by atoms with E-state index in [0.29, 0.717) is 18.4 Å². The van der Waals surface area contributed by atoms with Crippen LogP contribution in [0.2, 0.25) is 0 Å². The number of nitrogens with one attached hydrogen (secondary N) is 1. The van der Waals surface area contributed by atoms with Gasteiger partial charge in [0.1, 0.15) is 5.75 Å². The highest BCUT2D eigenvalue weighted by atomic mass is 16.5. The predicted molar refractivity (Wildman–Crippen MR) is 95.4 cm³/mol. The summed E-state index contributed by atoms with van der Waals surface area (Å²) < 4.78 is 5.17. The van der Waals surface area contributed by atoms with Crippen LogP contribution in [0.1, 0.15) is 44.6 Å². The van der Waals surface area contributed by atoms with Crippen molar-refractivity contribution < 1.29 is 14.6 Å². The monoisotopic (exact) mass is 334 g/mol. The van der Waals surface area contributed by atoms with E-state index in [1.165, 1.54) is 5.56 Å². The number of likely N-dealkylation sites (tertiary alicyclic amines) is 1. The molecular weight excluding hydrogens is 304 g/mol. The smallest absolute Gasteiger partial charge is 0.317 e. The van der Waals surface area contributed by atoms with E-state index in [-0.39, 0.29) is 12.1 Å². The van der Waals surface area contributed by atoms with E-state index in [4.69, 9.17) is 4.74 Å². The zero-order chi connectivity index (χ0) is 17.5. The van der Waals surface area contributed by atoms with Crippen LogP contribution in [0.5, 0.6) is 5.75 Å². The zero-order valence-electron chi connectivity index (χ0n) is 15.0. The van der Waals surface area contributed by atoms with Crippen LogP contribution in [-0.2, 0) is 0 Å². The Morgan fingerprint density at radius 2 is 1.92 bits per heavy atom. The Kier molecular flexibility index (Phi) is 6.91. The number of ether oxygens (including phenoxy) is 1. The van der Waals surface area contributed by atoms with Gasteiger partial charge in [-0.3, -0.25) is 0 Å². The topological polar surface area (TPSA) is 61.8 Å². The second kappa shape index (κ2) is 8.92. The number of aliphatic hydroxyl groups excluding tert-OH is 1. The van der Waals surface area contributed by atoms with E-state index in [9.17, 15) is 9.90 Å². The molecular formula is C19H30N2O3. The summed E-state index contributed by atoms with van der Waals surface area (Å²) in [6.07, 6.45) is 2.39. The largest absolute Gasteiger partial charge is 0.497 e. The third kappa shape index (κ3) is 5.13. The van der Waals surface area contributed by atoms with Gasteiger partial charge in [-0.25, -0.2) is 4.79 Å². The first-order valence-electron chi connectivity index (χ1n) is 8.86. The van der Waals surface area contributed by atoms with E-state index >= 15 is 0 Å². The molecule has 0 spiro atoms. The van der Waals surface area contributed by atoms with E-state index < -0.39 is 0 Å². The highest BCUT2D eigenvalue weighted by Crippen LogP contribution is 2.22. The summed E-state index contributed by atoms with van der Waals surface area (Å²) in [5.74, 6) is 1.57. The predicted octanol–water partition coefficient (Wildman–Crippen LogP) is 2.99. The number of rotatable bonds is 6. The molecule has 2 atom stereocenters. The molecule has 5 nitrogen and oxygen atoms in total. The minimum absolute atomic E-state index is 0.0148. The fourth-order valence-corrected chi connectivity index (χ4v) is 3.19. The van der Waals surface area contributed by atoms with Crippen molar-refractivity contribution in [2.75, 3.05) is 26.7 Å². The van der Waals surface area contributed by atoms with Crippen LogP contribution < -0.4 is 10.1 Å². The van der Waals surface area contributed by atoms with E-state index in [2.05, 4.69) is 24.4 Å². The maximum atomic E-state index is 12.2. The molecule has 0 aromatic heterocycles. The Labute approximate surface area is 145 Å². The molecule has 1 fully saturated rings. The van der Waals surface area contributed by atoms with Crippen LogP contribution in [0, 0.1) is 5.92 Å². The Morgan fingerprint density at radius 1 is 1.29 bits per heavy atom. The van der Waals surface area contributed by atoms with Gasteiger partial charge in [0.15, 0.2) is 0 Å². The second-order valence-corrected chi connectivity index (χ2v) is 6.76. The van der Waals surface area contributed by atoms with Gasteiger partial charge in [-0.2, -0.15) is 0 Å². The number of hydrogen-bond donors (Lipinski definition) is 2. The van der Waals surface area contributed by atoms with Crippen molar-refractivity contribution in [1.29, 1.82) is 0 Å². The van der Waals surface area contributed by atoms with E-state index in [1.807, 2.05) is 24.0 Å². The fourth-order valence-electron chi connectivity index (χ4n) is 3.19. The molecule has 0 bridgehead atoms. The summed E-state index contributed by atoms with van der Waals surface area (Å²) in [4.78, 5) is 14.1. The average Bonchev–Trinajstić information content (AvgIpc) is 2.61. The standard InChI is InChI=1S/C19H30N2O3/c1-14(16-4-6-18(24-3)7-5-16)8-11-20-19(23)21-12-9-17(10-13-21)15(2)22/h4-7,14-15,17,22H,8-13H2,1-3H3,(H,20,23). The number of urea groups is 1. The minimum atomic E-state index is -0.277. The van der Waals surface area contributed by atoms with Crippen molar-refractivity contribution in [2.45, 2.75) is 45.1 Å². The molecule has 1 saturated heterocycles. The molecule has 2 rings (SSSR count). The lowest BCUT2D eigenvalue weighted by molar-refractivity contribution is 0.0798. The van der Waals surface area contributed by atoms with Gasteiger partial charge in [0, 0.05) is 19.6 Å². The number of carbonyl (C=O) groups is 1. The SMILES string of the molecule is COc1ccc(C(C)CCNC(=O)N2CCC(C(C)O)CC2)cc1. The number of nitrogens with zero attached hydrogens (tertiary/aromatic N) is 1. The molecule has 5 heteroatoms. The molecule has 0 aliphatic carbocycles. The minimum Gasteiger partial charge on any atom is -0.497 e. The van der Waals surface area contributed by atoms with Crippen LogP contribution in [0.3, 0.4) is 0 Å². The van der Waals surface area contributed by atoms with Crippen molar-refractivity contribution in [3.05, 3.63) is 29.8 Å². The van der Waals surface area contributed by atoms with E-state index in [0.717, 1.165) is 38.1 Å². The normalized spacial score (nSPS) is 18.1. The highest BCUT2D eigenvalue weighted by molar-refractivity contribution is 5.74. The third-order valence-corrected chi connectivity index (χ3v) is 5.05. The van der Waals surface area contributed by atoms with E-state index in [1.54, 1.807) is 7.11 Å². The van der Waals surface area contributed by atoms with Crippen molar-refractivity contribution in [3.63, 3.8) is 0 Å². The summed E-state index contributed by atoms with van der Waals surface area (Å²) in [5.41, 5.74) is 1.25. The summed E-state index contributed by atoms with van der Waals surface area (Å²) in [5, 5.41) is 12.6. The first kappa shape index (κ1) is 18.6. The van der Waals surface area contributed by atoms with Gasteiger partial charge in [0.2, 0.25) is 0 Å². The second-order valence-electron chi connectivity index (χ2n) is 6.76. The summed E-state index contributed by atoms with van der Waals surface area (Å²) in [7, 11) is 1.66. The molecule has 1 aromatic carbocycles. The number of aliphatic hydroxyl groups is 1. The molecule has 2 unspecified atom stereocenters.